The molecule has 248 valence electrons. The minimum atomic E-state index is -1.40. The van der Waals surface area contributed by atoms with E-state index < -0.39 is 29.6 Å². The largest absolute Gasteiger partial charge is 0.490 e. The third-order valence-electron chi connectivity index (χ3n) is 8.22. The number of aromatic nitrogens is 2. The number of likely N-dealkylation sites (N-methyl/N-ethyl adjacent to an activating group) is 1. The number of piperazine rings is 1. The van der Waals surface area contributed by atoms with E-state index in [1.54, 1.807) is 6.07 Å². The fourth-order valence-corrected chi connectivity index (χ4v) is 6.05. The van der Waals surface area contributed by atoms with E-state index in [1.807, 2.05) is 32.9 Å². The van der Waals surface area contributed by atoms with Crippen LogP contribution in [-0.4, -0.2) is 77.3 Å². The van der Waals surface area contributed by atoms with Gasteiger partial charge < -0.3 is 25.0 Å². The van der Waals surface area contributed by atoms with E-state index >= 15 is 0 Å². The minimum Gasteiger partial charge on any atom is -0.490 e. The van der Waals surface area contributed by atoms with Crippen LogP contribution in [0.1, 0.15) is 40.3 Å². The monoisotopic (exact) mass is 648 g/mol. The van der Waals surface area contributed by atoms with Crippen molar-refractivity contribution < 1.29 is 27.8 Å². The molecule has 47 heavy (non-hydrogen) atoms. The highest BCUT2D eigenvalue weighted by molar-refractivity contribution is 5.87. The molecule has 3 aromatic carbocycles. The fraction of sp³-hybridized carbons (Fsp3) is 0.343. The lowest BCUT2D eigenvalue weighted by Gasteiger charge is -2.32. The van der Waals surface area contributed by atoms with Crippen LogP contribution in [0.15, 0.2) is 60.8 Å². The molecule has 1 aromatic heterocycles. The topological polar surface area (TPSA) is 94.1 Å². The zero-order valence-corrected chi connectivity index (χ0v) is 26.9. The van der Waals surface area contributed by atoms with Gasteiger partial charge in [-0.15, -0.1) is 0 Å². The number of halogens is 3. The molecule has 0 spiro atoms. The number of nitrogens with zero attached hydrogens (tertiary/aromatic N) is 5. The van der Waals surface area contributed by atoms with E-state index in [1.165, 1.54) is 24.4 Å². The number of nitrogens with one attached hydrogen (secondary N) is 1. The maximum Gasteiger partial charge on any atom is 0.413 e. The molecular weight excluding hydrogens is 609 g/mol. The van der Waals surface area contributed by atoms with Crippen LogP contribution in [-0.2, 0) is 0 Å². The van der Waals surface area contributed by atoms with Gasteiger partial charge in [-0.25, -0.2) is 27.8 Å². The van der Waals surface area contributed by atoms with E-state index in [-0.39, 0.29) is 23.1 Å². The van der Waals surface area contributed by atoms with Crippen molar-refractivity contribution in [2.75, 3.05) is 56.6 Å². The molecule has 0 saturated carbocycles. The molecule has 0 bridgehead atoms. The van der Waals surface area contributed by atoms with Crippen LogP contribution in [0, 0.1) is 38.2 Å². The summed E-state index contributed by atoms with van der Waals surface area (Å²) < 4.78 is 49.7. The molecular formula is C35H39F3N6O3. The van der Waals surface area contributed by atoms with Gasteiger partial charge in [0, 0.05) is 56.7 Å². The normalized spacial score (nSPS) is 14.5. The lowest BCUT2D eigenvalue weighted by molar-refractivity contribution is 0.145. The number of carbonyl (C=O) groups is 1. The molecule has 0 aliphatic carbocycles. The van der Waals surface area contributed by atoms with Gasteiger partial charge in [0.1, 0.15) is 17.5 Å². The zero-order chi connectivity index (χ0) is 33.7. The molecule has 2 N–H and O–H groups in total. The molecule has 5 rings (SSSR count). The number of rotatable bonds is 11. The van der Waals surface area contributed by atoms with Gasteiger partial charge in [0.05, 0.1) is 12.6 Å². The van der Waals surface area contributed by atoms with Crippen molar-refractivity contribution >= 4 is 23.5 Å². The van der Waals surface area contributed by atoms with Gasteiger partial charge in [0.25, 0.3) is 0 Å². The number of hydrogen-bond donors (Lipinski definition) is 2. The molecule has 1 atom stereocenters. The average Bonchev–Trinajstić information content (AvgIpc) is 2.99. The molecule has 4 aromatic rings. The lowest BCUT2D eigenvalue weighted by atomic mass is 9.89. The molecule has 1 fully saturated rings. The van der Waals surface area contributed by atoms with E-state index in [4.69, 9.17) is 4.74 Å². The van der Waals surface area contributed by atoms with Crippen LogP contribution in [0.5, 0.6) is 5.75 Å². The molecule has 1 aliphatic heterocycles. The Balaban J connectivity index is 1.37. The first-order chi connectivity index (χ1) is 22.5. The van der Waals surface area contributed by atoms with Crippen LogP contribution in [0.25, 0.3) is 0 Å². The van der Waals surface area contributed by atoms with Crippen LogP contribution in [0.2, 0.25) is 0 Å². The maximum absolute atomic E-state index is 15.0. The quantitative estimate of drug-likeness (QED) is 0.171. The summed E-state index contributed by atoms with van der Waals surface area (Å²) in [4.78, 5) is 27.1. The highest BCUT2D eigenvalue weighted by Gasteiger charge is 2.32. The fourth-order valence-electron chi connectivity index (χ4n) is 6.05. The van der Waals surface area contributed by atoms with E-state index in [0.717, 1.165) is 78.9 Å². The molecule has 1 saturated heterocycles. The first-order valence-corrected chi connectivity index (χ1v) is 15.5. The summed E-state index contributed by atoms with van der Waals surface area (Å²) in [5.41, 5.74) is 3.42. The number of anilines is 3. The van der Waals surface area contributed by atoms with Crippen molar-refractivity contribution in [1.29, 1.82) is 0 Å². The standard InChI is InChI=1S/C35H39F3N6O3/c1-22-16-23(2)32(24(3)17-22)33(25-18-26(36)20-27(37)19-25)44(35(45)46)31-8-9-39-34(41-31)40-28-6-7-30(29(38)21-28)47-15-5-10-43-13-11-42(4)12-14-43/h6-9,16-21,33H,5,10-15H2,1-4H3,(H,45,46)(H,39,40,41). The first-order valence-electron chi connectivity index (χ1n) is 15.5. The summed E-state index contributed by atoms with van der Waals surface area (Å²) in [6.07, 6.45) is 0.727. The van der Waals surface area contributed by atoms with Crippen LogP contribution >= 0.6 is 0 Å². The molecule has 12 heteroatoms. The Kier molecular flexibility index (Phi) is 10.6. The highest BCUT2D eigenvalue weighted by atomic mass is 19.1. The first kappa shape index (κ1) is 33.7. The Morgan fingerprint density at radius 2 is 1.66 bits per heavy atom. The Morgan fingerprint density at radius 3 is 2.30 bits per heavy atom. The summed E-state index contributed by atoms with van der Waals surface area (Å²) >= 11 is 0. The van der Waals surface area contributed by atoms with Crippen molar-refractivity contribution in [1.82, 2.24) is 19.8 Å². The average molecular weight is 649 g/mol. The lowest BCUT2D eigenvalue weighted by Crippen LogP contribution is -2.44. The van der Waals surface area contributed by atoms with Crippen molar-refractivity contribution in [3.63, 3.8) is 0 Å². The van der Waals surface area contributed by atoms with Crippen LogP contribution < -0.4 is 15.0 Å². The van der Waals surface area contributed by atoms with Crippen molar-refractivity contribution in [3.05, 3.63) is 106 Å². The summed E-state index contributed by atoms with van der Waals surface area (Å²) in [5.74, 6) is -2.19. The summed E-state index contributed by atoms with van der Waals surface area (Å²) in [5, 5.41) is 13.4. The number of benzene rings is 3. The third-order valence-corrected chi connectivity index (χ3v) is 8.22. The molecule has 1 aliphatic rings. The number of ether oxygens (including phenoxy) is 1. The number of amides is 1. The predicted octanol–water partition coefficient (Wildman–Crippen LogP) is 6.85. The van der Waals surface area contributed by atoms with Gasteiger partial charge in [0.15, 0.2) is 11.6 Å². The summed E-state index contributed by atoms with van der Waals surface area (Å²) in [7, 11) is 2.11. The Hall–Kier alpha value is -4.68. The Morgan fingerprint density at radius 1 is 0.979 bits per heavy atom. The van der Waals surface area contributed by atoms with Crippen LogP contribution in [0.3, 0.4) is 0 Å². The summed E-state index contributed by atoms with van der Waals surface area (Å²) in [6, 6.07) is 11.3. The predicted molar refractivity (Wildman–Crippen MR) is 175 cm³/mol. The van der Waals surface area contributed by atoms with E-state index in [2.05, 4.69) is 32.1 Å². The smallest absolute Gasteiger partial charge is 0.413 e. The maximum atomic E-state index is 15.0. The number of hydrogen-bond acceptors (Lipinski definition) is 7. The van der Waals surface area contributed by atoms with Gasteiger partial charge in [-0.1, -0.05) is 17.7 Å². The molecule has 1 unspecified atom stereocenters. The Bertz CT molecular complexity index is 1690. The molecule has 9 nitrogen and oxygen atoms in total. The third kappa shape index (κ3) is 8.38. The van der Waals surface area contributed by atoms with Crippen LogP contribution in [0.4, 0.5) is 35.4 Å². The van der Waals surface area contributed by atoms with E-state index in [9.17, 15) is 23.1 Å². The second-order valence-electron chi connectivity index (χ2n) is 11.9. The van der Waals surface area contributed by atoms with Crippen molar-refractivity contribution in [2.24, 2.45) is 0 Å². The minimum absolute atomic E-state index is 0.00415. The van der Waals surface area contributed by atoms with Gasteiger partial charge >= 0.3 is 6.09 Å². The van der Waals surface area contributed by atoms with Gasteiger partial charge in [-0.2, -0.15) is 4.98 Å². The van der Waals surface area contributed by atoms with Gasteiger partial charge in [-0.3, -0.25) is 0 Å². The van der Waals surface area contributed by atoms with Gasteiger partial charge in [-0.05, 0) is 86.8 Å². The van der Waals surface area contributed by atoms with Crippen molar-refractivity contribution in [2.45, 2.75) is 33.2 Å². The van der Waals surface area contributed by atoms with Crippen molar-refractivity contribution in [3.8, 4) is 5.75 Å². The number of carboxylic acid groups (broad SMARTS) is 1. The highest BCUT2D eigenvalue weighted by Crippen LogP contribution is 2.37. The molecule has 0 radical (unpaired) electrons. The SMILES string of the molecule is Cc1cc(C)c(C(c2cc(F)cc(F)c2)N(C(=O)O)c2ccnc(Nc3ccc(OCCCN4CCN(C)CC4)c(F)c3)n2)c(C)c1. The summed E-state index contributed by atoms with van der Waals surface area (Å²) in [6.45, 7) is 10.9. The van der Waals surface area contributed by atoms with E-state index in [0.29, 0.717) is 17.9 Å². The molecule has 2 heterocycles. The second kappa shape index (κ2) is 14.8. The Labute approximate surface area is 272 Å². The second-order valence-corrected chi connectivity index (χ2v) is 11.9. The number of aryl methyl sites for hydroxylation is 3. The van der Waals surface area contributed by atoms with Gasteiger partial charge in [0.2, 0.25) is 5.95 Å². The molecule has 1 amide bonds. The zero-order valence-electron chi connectivity index (χ0n) is 26.9.